The highest BCUT2D eigenvalue weighted by Crippen LogP contribution is 2.54. The number of anilines is 1. The van der Waals surface area contributed by atoms with Gasteiger partial charge in [-0.05, 0) is 68.2 Å². The number of amides is 2. The van der Waals surface area contributed by atoms with E-state index >= 15 is 0 Å². The summed E-state index contributed by atoms with van der Waals surface area (Å²) in [6.07, 6.45) is 4.62. The lowest BCUT2D eigenvalue weighted by molar-refractivity contribution is -0.117. The maximum Gasteiger partial charge on any atom is 0.253 e. The third-order valence-corrected chi connectivity index (χ3v) is 5.56. The first kappa shape index (κ1) is 15.6. The number of carbonyl (C=O) groups excluding carboxylic acids is 2. The van der Waals surface area contributed by atoms with Crippen LogP contribution in [0, 0.1) is 17.8 Å². The molecule has 0 aromatic heterocycles. The summed E-state index contributed by atoms with van der Waals surface area (Å²) in [7, 11) is 0. The lowest BCUT2D eigenvalue weighted by atomic mass is 10.1. The minimum Gasteiger partial charge on any atom is -0.393 e. The first-order valence-electron chi connectivity index (χ1n) is 9.00. The lowest BCUT2D eigenvalue weighted by Gasteiger charge is -2.29. The Kier molecular flexibility index (Phi) is 4.04. The zero-order chi connectivity index (χ0) is 16.7. The van der Waals surface area contributed by atoms with Crippen molar-refractivity contribution in [3.05, 3.63) is 29.8 Å². The number of hydrogen-bond donors (Lipinski definition) is 2. The molecule has 2 atom stereocenters. The molecule has 2 amide bonds. The molecule has 3 fully saturated rings. The van der Waals surface area contributed by atoms with Crippen LogP contribution in [0.15, 0.2) is 24.3 Å². The Morgan fingerprint density at radius 1 is 1.04 bits per heavy atom. The molecule has 128 valence electrons. The van der Waals surface area contributed by atoms with Crippen LogP contribution < -0.4 is 5.32 Å². The van der Waals surface area contributed by atoms with Crippen LogP contribution in [0.3, 0.4) is 0 Å². The second kappa shape index (κ2) is 6.20. The van der Waals surface area contributed by atoms with Crippen molar-refractivity contribution in [3.8, 4) is 0 Å². The smallest absolute Gasteiger partial charge is 0.253 e. The zero-order valence-corrected chi connectivity index (χ0v) is 13.8. The van der Waals surface area contributed by atoms with E-state index in [-0.39, 0.29) is 23.8 Å². The summed E-state index contributed by atoms with van der Waals surface area (Å²) in [6, 6.07) is 7.15. The Hall–Kier alpha value is -1.88. The van der Waals surface area contributed by atoms with Crippen LogP contribution in [0.25, 0.3) is 0 Å². The van der Waals surface area contributed by atoms with Crippen molar-refractivity contribution in [2.75, 3.05) is 18.4 Å². The van der Waals surface area contributed by atoms with Gasteiger partial charge < -0.3 is 15.3 Å². The summed E-state index contributed by atoms with van der Waals surface area (Å²) in [5, 5.41) is 12.5. The topological polar surface area (TPSA) is 69.6 Å². The van der Waals surface area contributed by atoms with Gasteiger partial charge >= 0.3 is 0 Å². The molecule has 0 bridgehead atoms. The summed E-state index contributed by atoms with van der Waals surface area (Å²) in [4.78, 5) is 26.4. The van der Waals surface area contributed by atoms with E-state index in [9.17, 15) is 14.7 Å². The van der Waals surface area contributed by atoms with Gasteiger partial charge in [-0.3, -0.25) is 9.59 Å². The SMILES string of the molecule is O=C(Nc1ccc(C(=O)N2CCC(O)CC2)cc1)C1CC1C1CC1. The average molecular weight is 328 g/mol. The molecular formula is C19H24N2O3. The van der Waals surface area contributed by atoms with E-state index in [2.05, 4.69) is 5.32 Å². The van der Waals surface area contributed by atoms with Crippen molar-refractivity contribution in [3.63, 3.8) is 0 Å². The summed E-state index contributed by atoms with van der Waals surface area (Å²) in [5.41, 5.74) is 1.39. The highest BCUT2D eigenvalue weighted by atomic mass is 16.3. The van der Waals surface area contributed by atoms with E-state index in [0.29, 0.717) is 37.4 Å². The molecule has 1 aromatic carbocycles. The minimum absolute atomic E-state index is 0.00392. The maximum atomic E-state index is 12.4. The lowest BCUT2D eigenvalue weighted by Crippen LogP contribution is -2.40. The predicted octanol–water partition coefficient (Wildman–Crippen LogP) is 2.27. The highest BCUT2D eigenvalue weighted by Gasteiger charge is 2.51. The van der Waals surface area contributed by atoms with Gasteiger partial charge in [-0.2, -0.15) is 0 Å². The van der Waals surface area contributed by atoms with Gasteiger partial charge in [0, 0.05) is 30.3 Å². The van der Waals surface area contributed by atoms with Gasteiger partial charge in [-0.25, -0.2) is 0 Å². The Labute approximate surface area is 142 Å². The van der Waals surface area contributed by atoms with Crippen LogP contribution in [-0.4, -0.2) is 41.0 Å². The fourth-order valence-electron chi connectivity index (χ4n) is 3.74. The molecule has 4 rings (SSSR count). The Morgan fingerprint density at radius 3 is 2.33 bits per heavy atom. The molecule has 5 nitrogen and oxygen atoms in total. The molecule has 2 saturated carbocycles. The van der Waals surface area contributed by atoms with Gasteiger partial charge in [-0.1, -0.05) is 0 Å². The molecule has 2 unspecified atom stereocenters. The first-order valence-corrected chi connectivity index (χ1v) is 9.00. The third-order valence-electron chi connectivity index (χ3n) is 5.56. The predicted molar refractivity (Wildman–Crippen MR) is 90.5 cm³/mol. The summed E-state index contributed by atoms with van der Waals surface area (Å²) in [6.45, 7) is 1.20. The molecular weight excluding hydrogens is 304 g/mol. The highest BCUT2D eigenvalue weighted by molar-refractivity contribution is 5.97. The molecule has 1 heterocycles. The van der Waals surface area contributed by atoms with Crippen molar-refractivity contribution in [1.82, 2.24) is 4.90 Å². The number of nitrogens with one attached hydrogen (secondary N) is 1. The molecule has 0 radical (unpaired) electrons. The second-order valence-electron chi connectivity index (χ2n) is 7.43. The number of aliphatic hydroxyl groups excluding tert-OH is 1. The zero-order valence-electron chi connectivity index (χ0n) is 13.8. The number of likely N-dealkylation sites (tertiary alicyclic amines) is 1. The largest absolute Gasteiger partial charge is 0.393 e. The van der Waals surface area contributed by atoms with E-state index in [1.807, 2.05) is 0 Å². The molecule has 3 aliphatic rings. The van der Waals surface area contributed by atoms with Gasteiger partial charge in [0.15, 0.2) is 0 Å². The molecule has 5 heteroatoms. The summed E-state index contributed by atoms with van der Waals surface area (Å²) < 4.78 is 0. The maximum absolute atomic E-state index is 12.4. The van der Waals surface area contributed by atoms with Gasteiger partial charge in [0.1, 0.15) is 0 Å². The van der Waals surface area contributed by atoms with Crippen molar-refractivity contribution < 1.29 is 14.7 Å². The van der Waals surface area contributed by atoms with Gasteiger partial charge in [0.05, 0.1) is 6.10 Å². The van der Waals surface area contributed by atoms with Crippen LogP contribution in [0.5, 0.6) is 0 Å². The normalized spacial score (nSPS) is 27.0. The molecule has 1 aliphatic heterocycles. The van der Waals surface area contributed by atoms with Gasteiger partial charge in [0.25, 0.3) is 5.91 Å². The van der Waals surface area contributed by atoms with Crippen LogP contribution in [0.2, 0.25) is 0 Å². The van der Waals surface area contributed by atoms with Crippen molar-refractivity contribution >= 4 is 17.5 Å². The van der Waals surface area contributed by atoms with E-state index in [1.165, 1.54) is 12.8 Å². The number of benzene rings is 1. The Bertz CT molecular complexity index is 631. The average Bonchev–Trinajstić information content (AvgIpc) is 3.48. The Morgan fingerprint density at radius 2 is 1.71 bits per heavy atom. The fourth-order valence-corrected chi connectivity index (χ4v) is 3.74. The molecule has 2 N–H and O–H groups in total. The monoisotopic (exact) mass is 328 g/mol. The molecule has 24 heavy (non-hydrogen) atoms. The second-order valence-corrected chi connectivity index (χ2v) is 7.43. The Balaban J connectivity index is 1.32. The minimum atomic E-state index is -0.284. The van der Waals surface area contributed by atoms with E-state index < -0.39 is 0 Å². The van der Waals surface area contributed by atoms with Gasteiger partial charge in [0.2, 0.25) is 5.91 Å². The fraction of sp³-hybridized carbons (Fsp3) is 0.579. The number of rotatable bonds is 4. The molecule has 0 spiro atoms. The van der Waals surface area contributed by atoms with Crippen LogP contribution >= 0.6 is 0 Å². The number of aliphatic hydroxyl groups is 1. The van der Waals surface area contributed by atoms with Crippen LogP contribution in [-0.2, 0) is 4.79 Å². The van der Waals surface area contributed by atoms with E-state index in [1.54, 1.807) is 29.2 Å². The number of nitrogens with zero attached hydrogens (tertiary/aromatic N) is 1. The van der Waals surface area contributed by atoms with Gasteiger partial charge in [-0.15, -0.1) is 0 Å². The number of piperidine rings is 1. The summed E-state index contributed by atoms with van der Waals surface area (Å²) in [5.74, 6) is 1.72. The van der Waals surface area contributed by atoms with Crippen LogP contribution in [0.1, 0.15) is 42.5 Å². The van der Waals surface area contributed by atoms with E-state index in [0.717, 1.165) is 18.0 Å². The standard InChI is InChI=1S/C19H24N2O3/c22-15-7-9-21(10-8-15)19(24)13-3-5-14(6-4-13)20-18(23)17-11-16(17)12-1-2-12/h3-6,12,15-17,22H,1-2,7-11H2,(H,20,23). The first-order chi connectivity index (χ1) is 11.6. The van der Waals surface area contributed by atoms with E-state index in [4.69, 9.17) is 0 Å². The molecule has 1 saturated heterocycles. The summed E-state index contributed by atoms with van der Waals surface area (Å²) >= 11 is 0. The van der Waals surface area contributed by atoms with Crippen molar-refractivity contribution in [2.45, 2.75) is 38.2 Å². The number of hydrogen-bond acceptors (Lipinski definition) is 3. The quantitative estimate of drug-likeness (QED) is 0.891. The van der Waals surface area contributed by atoms with Crippen molar-refractivity contribution in [2.24, 2.45) is 17.8 Å². The molecule has 1 aromatic rings. The van der Waals surface area contributed by atoms with Crippen molar-refractivity contribution in [1.29, 1.82) is 0 Å². The molecule has 2 aliphatic carbocycles. The number of carbonyl (C=O) groups is 2. The van der Waals surface area contributed by atoms with Crippen LogP contribution in [0.4, 0.5) is 5.69 Å². The third kappa shape index (κ3) is 3.31.